The summed E-state index contributed by atoms with van der Waals surface area (Å²) in [5.41, 5.74) is 4.48. The van der Waals surface area contributed by atoms with Gasteiger partial charge in [-0.25, -0.2) is 4.98 Å². The molecule has 8 heteroatoms. The Morgan fingerprint density at radius 2 is 1.82 bits per heavy atom. The number of aromatic nitrogens is 1. The predicted octanol–water partition coefficient (Wildman–Crippen LogP) is 2.21. The Balaban J connectivity index is 0.00000140. The Morgan fingerprint density at radius 3 is 2.61 bits per heavy atom. The third-order valence-corrected chi connectivity index (χ3v) is 5.19. The predicted molar refractivity (Wildman–Crippen MR) is 117 cm³/mol. The Bertz CT molecular complexity index is 809. The number of anilines is 1. The van der Waals surface area contributed by atoms with Crippen molar-refractivity contribution in [2.45, 2.75) is 19.6 Å². The highest BCUT2D eigenvalue weighted by Crippen LogP contribution is 2.18. The molecule has 2 N–H and O–H groups in total. The van der Waals surface area contributed by atoms with Crippen molar-refractivity contribution < 1.29 is 4.79 Å². The van der Waals surface area contributed by atoms with E-state index in [1.54, 1.807) is 12.3 Å². The highest BCUT2D eigenvalue weighted by atomic mass is 35.5. The van der Waals surface area contributed by atoms with Crippen LogP contribution in [-0.2, 0) is 19.6 Å². The van der Waals surface area contributed by atoms with E-state index in [0.717, 1.165) is 50.6 Å². The van der Waals surface area contributed by atoms with Crippen LogP contribution in [0.15, 0.2) is 36.5 Å². The minimum atomic E-state index is -0.0543. The lowest BCUT2D eigenvalue weighted by atomic mass is 10.1. The number of hydrogen-bond acceptors (Lipinski definition) is 5. The van der Waals surface area contributed by atoms with Gasteiger partial charge in [0.1, 0.15) is 5.82 Å². The van der Waals surface area contributed by atoms with E-state index in [1.165, 1.54) is 11.1 Å². The zero-order valence-corrected chi connectivity index (χ0v) is 17.6. The lowest BCUT2D eigenvalue weighted by molar-refractivity contribution is 0.0951. The number of fused-ring (bicyclic) bond motifs is 1. The molecule has 0 spiro atoms. The largest absolute Gasteiger partial charge is 0.354 e. The molecule has 0 aliphatic carbocycles. The molecule has 0 radical (unpaired) electrons. The maximum Gasteiger partial charge on any atom is 0.251 e. The van der Waals surface area contributed by atoms with Gasteiger partial charge >= 0.3 is 0 Å². The van der Waals surface area contributed by atoms with Gasteiger partial charge in [0.15, 0.2) is 0 Å². The van der Waals surface area contributed by atoms with Crippen molar-refractivity contribution in [3.8, 4) is 0 Å². The fraction of sp³-hybridized carbons (Fsp3) is 0.400. The summed E-state index contributed by atoms with van der Waals surface area (Å²) in [6.07, 6.45) is 1.73. The van der Waals surface area contributed by atoms with E-state index in [2.05, 4.69) is 50.7 Å². The zero-order valence-electron chi connectivity index (χ0n) is 16.0. The fourth-order valence-electron chi connectivity index (χ4n) is 3.51. The molecule has 4 rings (SSSR count). The van der Waals surface area contributed by atoms with E-state index in [-0.39, 0.29) is 30.7 Å². The van der Waals surface area contributed by atoms with Gasteiger partial charge in [-0.1, -0.05) is 18.2 Å². The minimum Gasteiger partial charge on any atom is -0.354 e. The van der Waals surface area contributed by atoms with Crippen molar-refractivity contribution in [2.24, 2.45) is 0 Å². The second kappa shape index (κ2) is 10.1. The number of carbonyl (C=O) groups is 1. The molecular formula is C20H27Cl2N5O. The number of nitrogens with zero attached hydrogens (tertiary/aromatic N) is 3. The van der Waals surface area contributed by atoms with Crippen LogP contribution in [-0.4, -0.2) is 49.0 Å². The second-order valence-corrected chi connectivity index (χ2v) is 7.08. The Hall–Kier alpha value is -1.86. The van der Waals surface area contributed by atoms with E-state index < -0.39 is 0 Å². The van der Waals surface area contributed by atoms with Crippen LogP contribution in [0.4, 0.5) is 5.82 Å². The first kappa shape index (κ1) is 22.4. The summed E-state index contributed by atoms with van der Waals surface area (Å²) < 4.78 is 0. The van der Waals surface area contributed by atoms with Crippen LogP contribution in [0.1, 0.15) is 27.0 Å². The zero-order chi connectivity index (χ0) is 17.9. The monoisotopic (exact) mass is 423 g/mol. The van der Waals surface area contributed by atoms with Crippen molar-refractivity contribution in [1.82, 2.24) is 20.5 Å². The van der Waals surface area contributed by atoms with Crippen molar-refractivity contribution in [3.63, 3.8) is 0 Å². The van der Waals surface area contributed by atoms with Crippen molar-refractivity contribution in [3.05, 3.63) is 58.8 Å². The second-order valence-electron chi connectivity index (χ2n) is 7.08. The summed E-state index contributed by atoms with van der Waals surface area (Å²) in [6.45, 7) is 6.31. The number of pyridine rings is 1. The first-order valence-electron chi connectivity index (χ1n) is 9.18. The first-order chi connectivity index (χ1) is 12.7. The maximum absolute atomic E-state index is 12.6. The van der Waals surface area contributed by atoms with Gasteiger partial charge in [0, 0.05) is 57.6 Å². The average Bonchev–Trinajstić information content (AvgIpc) is 3.14. The van der Waals surface area contributed by atoms with Crippen LogP contribution in [0.3, 0.4) is 0 Å². The van der Waals surface area contributed by atoms with Crippen LogP contribution in [0.5, 0.6) is 0 Å². The number of amides is 1. The smallest absolute Gasteiger partial charge is 0.251 e. The third kappa shape index (κ3) is 5.14. The van der Waals surface area contributed by atoms with Crippen LogP contribution >= 0.6 is 24.8 Å². The number of benzene rings is 1. The fourth-order valence-corrected chi connectivity index (χ4v) is 3.51. The van der Waals surface area contributed by atoms with Gasteiger partial charge in [0.05, 0.1) is 0 Å². The summed E-state index contributed by atoms with van der Waals surface area (Å²) in [4.78, 5) is 21.6. The summed E-state index contributed by atoms with van der Waals surface area (Å²) >= 11 is 0. The quantitative estimate of drug-likeness (QED) is 0.789. The van der Waals surface area contributed by atoms with Gasteiger partial charge in [0.2, 0.25) is 0 Å². The lowest BCUT2D eigenvalue weighted by Gasteiger charge is -2.33. The van der Waals surface area contributed by atoms with Gasteiger partial charge in [-0.2, -0.15) is 0 Å². The highest BCUT2D eigenvalue weighted by Gasteiger charge is 2.17. The highest BCUT2D eigenvalue weighted by molar-refractivity contribution is 5.94. The van der Waals surface area contributed by atoms with Gasteiger partial charge in [-0.3, -0.25) is 4.79 Å². The summed E-state index contributed by atoms with van der Waals surface area (Å²) in [6, 6.07) is 10.1. The molecule has 0 atom stereocenters. The molecule has 3 heterocycles. The van der Waals surface area contributed by atoms with Crippen molar-refractivity contribution >= 4 is 36.5 Å². The standard InChI is InChI=1S/C20H25N5O.2ClH/c1-24-6-8-25(9-7-24)19-11-16(4-5-22-19)20(26)23-12-15-2-3-17-13-21-14-18(17)10-15;;/h2-5,10-11,21H,6-9,12-14H2,1H3,(H,23,26);2*1H. The van der Waals surface area contributed by atoms with E-state index in [9.17, 15) is 4.79 Å². The van der Waals surface area contributed by atoms with E-state index in [4.69, 9.17) is 0 Å². The van der Waals surface area contributed by atoms with Gasteiger partial charge < -0.3 is 20.4 Å². The molecule has 1 amide bonds. The molecule has 0 unspecified atom stereocenters. The SMILES string of the molecule is CN1CCN(c2cc(C(=O)NCc3ccc4c(c3)CNC4)ccn2)CC1.Cl.Cl. The van der Waals surface area contributed by atoms with Crippen LogP contribution in [0.25, 0.3) is 0 Å². The third-order valence-electron chi connectivity index (χ3n) is 5.19. The lowest BCUT2D eigenvalue weighted by Crippen LogP contribution is -2.44. The molecule has 2 aromatic rings. The maximum atomic E-state index is 12.6. The molecule has 1 aromatic carbocycles. The van der Waals surface area contributed by atoms with Crippen LogP contribution < -0.4 is 15.5 Å². The molecule has 2 aliphatic heterocycles. The Kier molecular flexibility index (Phi) is 8.07. The summed E-state index contributed by atoms with van der Waals surface area (Å²) in [7, 11) is 2.13. The molecular weight excluding hydrogens is 397 g/mol. The topological polar surface area (TPSA) is 60.5 Å². The van der Waals surface area contributed by atoms with Crippen LogP contribution in [0.2, 0.25) is 0 Å². The molecule has 28 heavy (non-hydrogen) atoms. The molecule has 2 aliphatic rings. The molecule has 1 saturated heterocycles. The molecule has 152 valence electrons. The molecule has 0 saturated carbocycles. The first-order valence-corrected chi connectivity index (χ1v) is 9.18. The van der Waals surface area contributed by atoms with Gasteiger partial charge in [-0.15, -0.1) is 24.8 Å². The Morgan fingerprint density at radius 1 is 1.07 bits per heavy atom. The number of likely N-dealkylation sites (N-methyl/N-ethyl adjacent to an activating group) is 1. The minimum absolute atomic E-state index is 0. The van der Waals surface area contributed by atoms with Gasteiger partial charge in [0.25, 0.3) is 5.91 Å². The van der Waals surface area contributed by atoms with E-state index in [1.807, 2.05) is 6.07 Å². The Labute approximate surface area is 178 Å². The number of rotatable bonds is 4. The van der Waals surface area contributed by atoms with Crippen molar-refractivity contribution in [2.75, 3.05) is 38.1 Å². The molecule has 1 fully saturated rings. The van der Waals surface area contributed by atoms with E-state index in [0.29, 0.717) is 12.1 Å². The number of halogens is 2. The number of nitrogens with one attached hydrogen (secondary N) is 2. The van der Waals surface area contributed by atoms with Crippen molar-refractivity contribution in [1.29, 1.82) is 0 Å². The van der Waals surface area contributed by atoms with E-state index >= 15 is 0 Å². The summed E-state index contributed by atoms with van der Waals surface area (Å²) in [5.74, 6) is 0.829. The normalized spacial score (nSPS) is 16.0. The van der Waals surface area contributed by atoms with Gasteiger partial charge in [-0.05, 0) is 35.9 Å². The molecule has 0 bridgehead atoms. The average molecular weight is 424 g/mol. The molecule has 6 nitrogen and oxygen atoms in total. The summed E-state index contributed by atoms with van der Waals surface area (Å²) in [5, 5.41) is 6.37. The van der Waals surface area contributed by atoms with Crippen LogP contribution in [0, 0.1) is 0 Å². The number of piperazine rings is 1. The number of carbonyl (C=O) groups excluding carboxylic acids is 1. The molecule has 1 aromatic heterocycles. The number of hydrogen-bond donors (Lipinski definition) is 2.